The van der Waals surface area contributed by atoms with E-state index < -0.39 is 6.10 Å². The molecule has 0 saturated carbocycles. The van der Waals surface area contributed by atoms with E-state index in [1.165, 1.54) is 6.42 Å². The van der Waals surface area contributed by atoms with Gasteiger partial charge in [0.25, 0.3) is 0 Å². The third-order valence-corrected chi connectivity index (χ3v) is 2.98. The van der Waals surface area contributed by atoms with E-state index in [0.717, 1.165) is 25.0 Å². The number of aliphatic hydroxyl groups excluding tert-OH is 1. The topological polar surface area (TPSA) is 38.7 Å². The summed E-state index contributed by atoms with van der Waals surface area (Å²) in [5.41, 5.74) is 0.891. The summed E-state index contributed by atoms with van der Waals surface area (Å²) in [7, 11) is 0. The molecule has 1 aliphatic heterocycles. The first-order valence-electron chi connectivity index (χ1n) is 6.49. The van der Waals surface area contributed by atoms with Crippen LogP contribution in [0.4, 0.5) is 0 Å². The Morgan fingerprint density at radius 1 is 1.33 bits per heavy atom. The smallest absolute Gasteiger partial charge is 0.157 e. The SMILES string of the molecule is OC(/C=C\COC1CCCCO1)c1ccccc1. The fourth-order valence-electron chi connectivity index (χ4n) is 1.95. The lowest BCUT2D eigenvalue weighted by atomic mass is 10.1. The van der Waals surface area contributed by atoms with Gasteiger partial charge in [-0.1, -0.05) is 42.5 Å². The molecule has 18 heavy (non-hydrogen) atoms. The lowest BCUT2D eigenvalue weighted by Crippen LogP contribution is -2.22. The van der Waals surface area contributed by atoms with Crippen LogP contribution >= 0.6 is 0 Å². The van der Waals surface area contributed by atoms with Crippen molar-refractivity contribution in [2.24, 2.45) is 0 Å². The van der Waals surface area contributed by atoms with E-state index in [0.29, 0.717) is 6.61 Å². The van der Waals surface area contributed by atoms with Crippen LogP contribution in [0, 0.1) is 0 Å². The number of aliphatic hydroxyl groups is 1. The lowest BCUT2D eigenvalue weighted by Gasteiger charge is -2.21. The molecule has 0 bridgehead atoms. The van der Waals surface area contributed by atoms with Crippen LogP contribution in [-0.4, -0.2) is 24.6 Å². The van der Waals surface area contributed by atoms with Gasteiger partial charge in [-0.2, -0.15) is 0 Å². The maximum atomic E-state index is 9.88. The van der Waals surface area contributed by atoms with Crippen molar-refractivity contribution in [1.29, 1.82) is 0 Å². The van der Waals surface area contributed by atoms with Crippen LogP contribution in [0.1, 0.15) is 30.9 Å². The lowest BCUT2D eigenvalue weighted by molar-refractivity contribution is -0.155. The third kappa shape index (κ3) is 4.26. The van der Waals surface area contributed by atoms with Crippen molar-refractivity contribution in [3.05, 3.63) is 48.0 Å². The van der Waals surface area contributed by atoms with Gasteiger partial charge in [0.05, 0.1) is 12.7 Å². The summed E-state index contributed by atoms with van der Waals surface area (Å²) in [6.07, 6.45) is 6.21. The van der Waals surface area contributed by atoms with Gasteiger partial charge in [-0.25, -0.2) is 0 Å². The Balaban J connectivity index is 1.70. The molecular weight excluding hydrogens is 228 g/mol. The van der Waals surface area contributed by atoms with Gasteiger partial charge in [-0.15, -0.1) is 0 Å². The predicted octanol–water partition coefficient (Wildman–Crippen LogP) is 2.82. The van der Waals surface area contributed by atoms with Crippen LogP contribution in [0.3, 0.4) is 0 Å². The molecule has 1 aliphatic rings. The van der Waals surface area contributed by atoms with E-state index >= 15 is 0 Å². The molecule has 2 rings (SSSR count). The second kappa shape index (κ2) is 7.31. The minimum absolute atomic E-state index is 0.0720. The molecule has 0 radical (unpaired) electrons. The first-order chi connectivity index (χ1) is 8.86. The van der Waals surface area contributed by atoms with Crippen molar-refractivity contribution >= 4 is 0 Å². The van der Waals surface area contributed by atoms with Crippen molar-refractivity contribution in [2.45, 2.75) is 31.7 Å². The summed E-state index contributed by atoms with van der Waals surface area (Å²) in [5.74, 6) is 0. The highest BCUT2D eigenvalue weighted by Crippen LogP contribution is 2.15. The molecule has 0 aliphatic carbocycles. The van der Waals surface area contributed by atoms with E-state index in [4.69, 9.17) is 9.47 Å². The summed E-state index contributed by atoms with van der Waals surface area (Å²) in [5, 5.41) is 9.88. The minimum atomic E-state index is -0.568. The molecular formula is C15H20O3. The Bertz CT molecular complexity index is 355. The molecule has 2 atom stereocenters. The van der Waals surface area contributed by atoms with E-state index in [1.54, 1.807) is 6.08 Å². The molecule has 2 unspecified atom stereocenters. The summed E-state index contributed by atoms with van der Waals surface area (Å²) in [4.78, 5) is 0. The van der Waals surface area contributed by atoms with E-state index in [-0.39, 0.29) is 6.29 Å². The average Bonchev–Trinajstić information content (AvgIpc) is 2.45. The molecule has 0 amide bonds. The van der Waals surface area contributed by atoms with Gasteiger partial charge in [0.2, 0.25) is 0 Å². The highest BCUT2D eigenvalue weighted by molar-refractivity contribution is 5.20. The van der Waals surface area contributed by atoms with Crippen LogP contribution in [-0.2, 0) is 9.47 Å². The summed E-state index contributed by atoms with van der Waals surface area (Å²) < 4.78 is 11.0. The zero-order valence-electron chi connectivity index (χ0n) is 10.5. The molecule has 3 nitrogen and oxygen atoms in total. The Kier molecular flexibility index (Phi) is 5.39. The van der Waals surface area contributed by atoms with Crippen LogP contribution in [0.5, 0.6) is 0 Å². The summed E-state index contributed by atoms with van der Waals surface area (Å²) in [6, 6.07) is 9.57. The number of rotatable bonds is 5. The molecule has 1 fully saturated rings. The maximum absolute atomic E-state index is 9.88. The Morgan fingerprint density at radius 2 is 2.17 bits per heavy atom. The van der Waals surface area contributed by atoms with Gasteiger partial charge in [-0.05, 0) is 24.8 Å². The van der Waals surface area contributed by atoms with Crippen LogP contribution in [0.15, 0.2) is 42.5 Å². The van der Waals surface area contributed by atoms with Crippen molar-refractivity contribution in [3.8, 4) is 0 Å². The van der Waals surface area contributed by atoms with Crippen LogP contribution < -0.4 is 0 Å². The zero-order chi connectivity index (χ0) is 12.6. The number of benzene rings is 1. The second-order valence-corrected chi connectivity index (χ2v) is 4.41. The summed E-state index contributed by atoms with van der Waals surface area (Å²) in [6.45, 7) is 1.27. The monoisotopic (exact) mass is 248 g/mol. The van der Waals surface area contributed by atoms with Gasteiger partial charge >= 0.3 is 0 Å². The highest BCUT2D eigenvalue weighted by Gasteiger charge is 2.12. The van der Waals surface area contributed by atoms with Gasteiger partial charge in [0.15, 0.2) is 6.29 Å². The molecule has 1 heterocycles. The molecule has 1 aromatic carbocycles. The largest absolute Gasteiger partial charge is 0.384 e. The molecule has 3 heteroatoms. The number of hydrogen-bond donors (Lipinski definition) is 1. The van der Waals surface area contributed by atoms with Crippen molar-refractivity contribution < 1.29 is 14.6 Å². The third-order valence-electron chi connectivity index (χ3n) is 2.98. The van der Waals surface area contributed by atoms with Gasteiger partial charge in [0.1, 0.15) is 0 Å². The van der Waals surface area contributed by atoms with Crippen LogP contribution in [0.2, 0.25) is 0 Å². The fraction of sp³-hybridized carbons (Fsp3) is 0.467. The molecule has 1 aromatic rings. The predicted molar refractivity (Wildman–Crippen MR) is 70.1 cm³/mol. The van der Waals surface area contributed by atoms with Crippen molar-refractivity contribution in [2.75, 3.05) is 13.2 Å². The van der Waals surface area contributed by atoms with Gasteiger partial charge in [-0.3, -0.25) is 0 Å². The van der Waals surface area contributed by atoms with Crippen molar-refractivity contribution in [3.63, 3.8) is 0 Å². The zero-order valence-corrected chi connectivity index (χ0v) is 10.5. The first-order valence-corrected chi connectivity index (χ1v) is 6.49. The highest BCUT2D eigenvalue weighted by atomic mass is 16.7. The number of hydrogen-bond acceptors (Lipinski definition) is 3. The molecule has 0 spiro atoms. The second-order valence-electron chi connectivity index (χ2n) is 4.41. The average molecular weight is 248 g/mol. The Hall–Kier alpha value is -1.16. The van der Waals surface area contributed by atoms with Gasteiger partial charge < -0.3 is 14.6 Å². The first kappa shape index (κ1) is 13.3. The van der Waals surface area contributed by atoms with Crippen LogP contribution in [0.25, 0.3) is 0 Å². The molecule has 0 aromatic heterocycles. The standard InChI is InChI=1S/C15H20O3/c16-14(13-7-2-1-3-8-13)9-6-12-18-15-10-4-5-11-17-15/h1-3,6-9,14-16H,4-5,10-12H2/b9-6-. The van der Waals surface area contributed by atoms with E-state index in [2.05, 4.69) is 0 Å². The van der Waals surface area contributed by atoms with Crippen molar-refractivity contribution in [1.82, 2.24) is 0 Å². The minimum Gasteiger partial charge on any atom is -0.384 e. The van der Waals surface area contributed by atoms with E-state index in [1.807, 2.05) is 36.4 Å². The maximum Gasteiger partial charge on any atom is 0.157 e. The Morgan fingerprint density at radius 3 is 2.89 bits per heavy atom. The summed E-state index contributed by atoms with van der Waals surface area (Å²) >= 11 is 0. The Labute approximate surface area is 108 Å². The van der Waals surface area contributed by atoms with E-state index in [9.17, 15) is 5.11 Å². The fourth-order valence-corrected chi connectivity index (χ4v) is 1.95. The number of ether oxygens (including phenoxy) is 2. The van der Waals surface area contributed by atoms with Gasteiger partial charge in [0, 0.05) is 6.61 Å². The molecule has 98 valence electrons. The molecule has 1 N–H and O–H groups in total. The normalized spacial score (nSPS) is 22.2. The molecule has 1 saturated heterocycles. The quantitative estimate of drug-likeness (QED) is 0.814.